The van der Waals surface area contributed by atoms with Crippen LogP contribution < -0.4 is 14.2 Å². The Balaban J connectivity index is 2.04. The smallest absolute Gasteiger partial charge is 0.179 e. The fraction of sp³-hybridized carbons (Fsp3) is 0.238. The van der Waals surface area contributed by atoms with Gasteiger partial charge in [-0.3, -0.25) is 0 Å². The van der Waals surface area contributed by atoms with Crippen LogP contribution in [0.3, 0.4) is 0 Å². The van der Waals surface area contributed by atoms with Crippen LogP contribution in [0.4, 0.5) is 0 Å². The number of allylic oxidation sites excluding steroid dienone is 1. The molecule has 0 amide bonds. The lowest BCUT2D eigenvalue weighted by Crippen LogP contribution is -1.99. The molecular weight excluding hydrogens is 378 g/mol. The van der Waals surface area contributed by atoms with E-state index in [1.165, 1.54) is 0 Å². The Morgan fingerprint density at radius 2 is 2.00 bits per heavy atom. The summed E-state index contributed by atoms with van der Waals surface area (Å²) in [5.74, 6) is 2.21. The summed E-state index contributed by atoms with van der Waals surface area (Å²) >= 11 is 6.36. The summed E-state index contributed by atoms with van der Waals surface area (Å²) in [7, 11) is 1.60. The zero-order valence-corrected chi connectivity index (χ0v) is 16.6. The Hall–Kier alpha value is -3.17. The Morgan fingerprint density at radius 1 is 1.21 bits per heavy atom. The van der Waals surface area contributed by atoms with Gasteiger partial charge in [-0.1, -0.05) is 11.6 Å². The number of methoxy groups -OCH3 is 1. The minimum Gasteiger partial charge on any atom is -0.497 e. The highest BCUT2D eigenvalue weighted by atomic mass is 35.5. The summed E-state index contributed by atoms with van der Waals surface area (Å²) < 4.78 is 16.5. The zero-order valence-electron chi connectivity index (χ0n) is 15.9. The lowest BCUT2D eigenvalue weighted by molar-refractivity contribution is 0.288. The number of aromatic amines is 1. The number of nitrogens with zero attached hydrogens (tertiary/aromatic N) is 2. The summed E-state index contributed by atoms with van der Waals surface area (Å²) in [5, 5.41) is 10.1. The number of halogens is 1. The van der Waals surface area contributed by atoms with Crippen LogP contribution in [0.15, 0.2) is 30.3 Å². The Labute approximate surface area is 168 Å². The van der Waals surface area contributed by atoms with Crippen molar-refractivity contribution in [2.45, 2.75) is 13.8 Å². The molecule has 1 N–H and O–H groups in total. The van der Waals surface area contributed by atoms with Crippen molar-refractivity contribution in [3.8, 4) is 23.3 Å². The maximum absolute atomic E-state index is 9.66. The number of benzene rings is 2. The molecule has 1 aromatic heterocycles. The van der Waals surface area contributed by atoms with Gasteiger partial charge in [-0.15, -0.1) is 0 Å². The van der Waals surface area contributed by atoms with Crippen LogP contribution in [0.1, 0.15) is 25.2 Å². The van der Waals surface area contributed by atoms with E-state index in [9.17, 15) is 5.26 Å². The van der Waals surface area contributed by atoms with Crippen molar-refractivity contribution in [1.82, 2.24) is 9.97 Å². The van der Waals surface area contributed by atoms with Crippen molar-refractivity contribution in [2.24, 2.45) is 0 Å². The van der Waals surface area contributed by atoms with Gasteiger partial charge in [0.15, 0.2) is 11.5 Å². The lowest BCUT2D eigenvalue weighted by atomic mass is 10.1. The topological polar surface area (TPSA) is 80.2 Å². The number of rotatable bonds is 7. The number of fused-ring (bicyclic) bond motifs is 1. The first-order valence-electron chi connectivity index (χ1n) is 8.84. The highest BCUT2D eigenvalue weighted by Crippen LogP contribution is 2.37. The Kier molecular flexibility index (Phi) is 6.07. The molecule has 0 unspecified atom stereocenters. The summed E-state index contributed by atoms with van der Waals surface area (Å²) in [5.41, 5.74) is 2.62. The highest BCUT2D eigenvalue weighted by molar-refractivity contribution is 6.32. The molecule has 1 heterocycles. The summed E-state index contributed by atoms with van der Waals surface area (Å²) in [4.78, 5) is 7.65. The largest absolute Gasteiger partial charge is 0.497 e. The van der Waals surface area contributed by atoms with Crippen LogP contribution in [0, 0.1) is 11.3 Å². The number of H-pyrrole nitrogens is 1. The van der Waals surface area contributed by atoms with Gasteiger partial charge in [0.1, 0.15) is 17.6 Å². The van der Waals surface area contributed by atoms with Crippen LogP contribution in [0.2, 0.25) is 5.02 Å². The van der Waals surface area contributed by atoms with Gasteiger partial charge in [-0.05, 0) is 49.8 Å². The van der Waals surface area contributed by atoms with E-state index in [0.29, 0.717) is 52.4 Å². The average Bonchev–Trinajstić information content (AvgIpc) is 3.11. The summed E-state index contributed by atoms with van der Waals surface area (Å²) in [6.07, 6.45) is 1.71. The molecule has 3 aromatic rings. The van der Waals surface area contributed by atoms with Gasteiger partial charge in [0.25, 0.3) is 0 Å². The Bertz CT molecular complexity index is 1070. The van der Waals surface area contributed by atoms with Gasteiger partial charge in [0, 0.05) is 6.07 Å². The summed E-state index contributed by atoms with van der Waals surface area (Å²) in [6.45, 7) is 4.71. The van der Waals surface area contributed by atoms with Crippen LogP contribution in [-0.2, 0) is 0 Å². The normalized spacial score (nSPS) is 11.3. The molecule has 0 aliphatic heterocycles. The number of nitrogens with one attached hydrogen (secondary N) is 1. The van der Waals surface area contributed by atoms with Crippen LogP contribution >= 0.6 is 11.6 Å². The maximum Gasteiger partial charge on any atom is 0.179 e. The van der Waals surface area contributed by atoms with Gasteiger partial charge >= 0.3 is 0 Å². The molecule has 0 aliphatic rings. The molecule has 3 rings (SSSR count). The number of hydrogen-bond acceptors (Lipinski definition) is 5. The van der Waals surface area contributed by atoms with Gasteiger partial charge < -0.3 is 19.2 Å². The molecule has 0 saturated heterocycles. The highest BCUT2D eigenvalue weighted by Gasteiger charge is 2.14. The van der Waals surface area contributed by atoms with Gasteiger partial charge in [0.05, 0.1) is 42.0 Å². The third-order valence-electron chi connectivity index (χ3n) is 4.00. The van der Waals surface area contributed by atoms with E-state index in [4.69, 9.17) is 25.8 Å². The molecule has 2 aromatic carbocycles. The molecule has 0 saturated carbocycles. The van der Waals surface area contributed by atoms with Gasteiger partial charge in [-0.25, -0.2) is 4.98 Å². The van der Waals surface area contributed by atoms with E-state index < -0.39 is 0 Å². The number of nitriles is 1. The fourth-order valence-electron chi connectivity index (χ4n) is 2.78. The predicted octanol–water partition coefficient (Wildman–Crippen LogP) is 5.09. The minimum absolute atomic E-state index is 0.373. The summed E-state index contributed by atoms with van der Waals surface area (Å²) in [6, 6.07) is 11.2. The second-order valence-corrected chi connectivity index (χ2v) is 6.24. The van der Waals surface area contributed by atoms with Crippen molar-refractivity contribution >= 4 is 34.3 Å². The van der Waals surface area contributed by atoms with E-state index in [-0.39, 0.29) is 0 Å². The second kappa shape index (κ2) is 8.68. The second-order valence-electron chi connectivity index (χ2n) is 5.83. The van der Waals surface area contributed by atoms with E-state index in [0.717, 1.165) is 11.0 Å². The number of ether oxygens (including phenoxy) is 3. The molecule has 0 atom stereocenters. The van der Waals surface area contributed by atoms with E-state index >= 15 is 0 Å². The number of aromatic nitrogens is 2. The minimum atomic E-state index is 0.373. The van der Waals surface area contributed by atoms with Gasteiger partial charge in [0.2, 0.25) is 0 Å². The molecule has 0 aliphatic carbocycles. The zero-order chi connectivity index (χ0) is 20.1. The first-order chi connectivity index (χ1) is 13.6. The van der Waals surface area contributed by atoms with E-state index in [2.05, 4.69) is 16.0 Å². The van der Waals surface area contributed by atoms with E-state index in [1.807, 2.05) is 32.0 Å². The van der Waals surface area contributed by atoms with E-state index in [1.54, 1.807) is 25.3 Å². The molecule has 7 heteroatoms. The molecule has 6 nitrogen and oxygen atoms in total. The fourth-order valence-corrected chi connectivity index (χ4v) is 3.06. The van der Waals surface area contributed by atoms with Crippen molar-refractivity contribution in [2.75, 3.05) is 20.3 Å². The van der Waals surface area contributed by atoms with Crippen molar-refractivity contribution < 1.29 is 14.2 Å². The van der Waals surface area contributed by atoms with Crippen molar-refractivity contribution in [1.29, 1.82) is 5.26 Å². The SMILES string of the molecule is CCOc1cc(/C=C(/C#N)c2nc3ccc(OC)cc3[nH]2)cc(Cl)c1OCC. The average molecular weight is 398 g/mol. The third kappa shape index (κ3) is 4.05. The molecule has 0 fully saturated rings. The number of imidazole rings is 1. The quantitative estimate of drug-likeness (QED) is 0.562. The first-order valence-corrected chi connectivity index (χ1v) is 9.22. The molecule has 28 heavy (non-hydrogen) atoms. The maximum atomic E-state index is 9.66. The van der Waals surface area contributed by atoms with Crippen molar-refractivity contribution in [3.05, 3.63) is 46.7 Å². The predicted molar refractivity (Wildman–Crippen MR) is 110 cm³/mol. The monoisotopic (exact) mass is 397 g/mol. The molecule has 0 radical (unpaired) electrons. The molecule has 144 valence electrons. The van der Waals surface area contributed by atoms with Gasteiger partial charge in [-0.2, -0.15) is 5.26 Å². The van der Waals surface area contributed by atoms with Crippen molar-refractivity contribution in [3.63, 3.8) is 0 Å². The Morgan fingerprint density at radius 3 is 2.68 bits per heavy atom. The number of hydrogen-bond donors (Lipinski definition) is 1. The molecule has 0 spiro atoms. The standard InChI is InChI=1S/C21H20ClN3O3/c1-4-27-19-10-13(9-16(22)20(19)28-5-2)8-14(12-23)21-24-17-7-6-15(26-3)11-18(17)25-21/h6-11H,4-5H2,1-3H3,(H,24,25)/b14-8-. The lowest BCUT2D eigenvalue weighted by Gasteiger charge is -2.13. The molecular formula is C21H20ClN3O3. The third-order valence-corrected chi connectivity index (χ3v) is 4.28. The van der Waals surface area contributed by atoms with Crippen LogP contribution in [0.5, 0.6) is 17.2 Å². The molecule has 0 bridgehead atoms. The van der Waals surface area contributed by atoms with Crippen LogP contribution in [0.25, 0.3) is 22.7 Å². The first kappa shape index (κ1) is 19.6. The van der Waals surface area contributed by atoms with Crippen LogP contribution in [-0.4, -0.2) is 30.3 Å².